The summed E-state index contributed by atoms with van der Waals surface area (Å²) in [6.07, 6.45) is 0. The fraction of sp³-hybridized carbons (Fsp3) is 0.389. The van der Waals surface area contributed by atoms with Crippen LogP contribution in [-0.2, 0) is 24.9 Å². The number of benzene rings is 1. The number of hydrogen-bond acceptors (Lipinski definition) is 4. The molecular weight excluding hydrogens is 306 g/mol. The minimum Gasteiger partial charge on any atom is -0.383 e. The number of aryl methyl sites for hydroxylation is 2. The molecule has 0 aliphatic heterocycles. The summed E-state index contributed by atoms with van der Waals surface area (Å²) in [4.78, 5) is 3.86. The van der Waals surface area contributed by atoms with Crippen LogP contribution in [0, 0.1) is 6.92 Å². The first kappa shape index (κ1) is 16.2. The van der Waals surface area contributed by atoms with Crippen LogP contribution < -0.4 is 0 Å². The molecule has 3 rings (SSSR count). The van der Waals surface area contributed by atoms with E-state index in [0.29, 0.717) is 0 Å². The van der Waals surface area contributed by atoms with Gasteiger partial charge in [0.1, 0.15) is 0 Å². The first-order valence-electron chi connectivity index (χ1n) is 7.84. The summed E-state index contributed by atoms with van der Waals surface area (Å²) in [7, 11) is 3.79. The molecule has 0 fully saturated rings. The minimum absolute atomic E-state index is 0.736. The van der Waals surface area contributed by atoms with Crippen LogP contribution in [0.5, 0.6) is 0 Å². The third-order valence-electron chi connectivity index (χ3n) is 4.18. The van der Waals surface area contributed by atoms with Crippen molar-refractivity contribution in [2.75, 3.05) is 20.3 Å². The minimum atomic E-state index is 0.736. The van der Waals surface area contributed by atoms with Gasteiger partial charge in [0.05, 0.1) is 17.8 Å². The van der Waals surface area contributed by atoms with Crippen molar-refractivity contribution in [1.82, 2.24) is 14.7 Å². The molecule has 2 heterocycles. The second-order valence-corrected chi connectivity index (χ2v) is 6.82. The van der Waals surface area contributed by atoms with E-state index in [0.717, 1.165) is 31.8 Å². The van der Waals surface area contributed by atoms with E-state index in [-0.39, 0.29) is 0 Å². The van der Waals surface area contributed by atoms with Crippen LogP contribution in [0.4, 0.5) is 0 Å². The summed E-state index contributed by atoms with van der Waals surface area (Å²) < 4.78 is 7.30. The largest absolute Gasteiger partial charge is 0.383 e. The molecule has 0 aliphatic carbocycles. The Kier molecular flexibility index (Phi) is 5.10. The lowest BCUT2D eigenvalue weighted by atomic mass is 10.2. The molecular formula is C18H23N3OS. The molecule has 0 bridgehead atoms. The van der Waals surface area contributed by atoms with Crippen LogP contribution in [0.1, 0.15) is 16.1 Å². The van der Waals surface area contributed by atoms with Crippen LogP contribution in [0.15, 0.2) is 35.7 Å². The van der Waals surface area contributed by atoms with E-state index in [1.54, 1.807) is 7.11 Å². The average molecular weight is 329 g/mol. The van der Waals surface area contributed by atoms with Crippen LogP contribution >= 0.6 is 11.3 Å². The van der Waals surface area contributed by atoms with Gasteiger partial charge in [-0.1, -0.05) is 18.2 Å². The fourth-order valence-corrected chi connectivity index (χ4v) is 3.75. The van der Waals surface area contributed by atoms with E-state index >= 15 is 0 Å². The van der Waals surface area contributed by atoms with Crippen molar-refractivity contribution in [3.8, 4) is 0 Å². The highest BCUT2D eigenvalue weighted by Gasteiger charge is 2.15. The van der Waals surface area contributed by atoms with Crippen molar-refractivity contribution in [2.24, 2.45) is 7.05 Å². The van der Waals surface area contributed by atoms with Gasteiger partial charge in [-0.15, -0.1) is 11.3 Å². The maximum absolute atomic E-state index is 5.30. The second kappa shape index (κ2) is 7.25. The van der Waals surface area contributed by atoms with Crippen LogP contribution in [0.25, 0.3) is 10.9 Å². The molecule has 1 aromatic carbocycles. The smallest absolute Gasteiger partial charge is 0.0926 e. The zero-order valence-corrected chi connectivity index (χ0v) is 14.8. The van der Waals surface area contributed by atoms with Crippen LogP contribution in [0.3, 0.4) is 0 Å². The van der Waals surface area contributed by atoms with Gasteiger partial charge < -0.3 is 4.74 Å². The number of methoxy groups -OCH3 is 1. The van der Waals surface area contributed by atoms with E-state index in [1.165, 1.54) is 21.5 Å². The molecule has 0 aliphatic rings. The first-order chi connectivity index (χ1) is 11.2. The van der Waals surface area contributed by atoms with Gasteiger partial charge in [-0.05, 0) is 30.0 Å². The van der Waals surface area contributed by atoms with E-state index in [9.17, 15) is 0 Å². The summed E-state index contributed by atoms with van der Waals surface area (Å²) >= 11 is 1.83. The van der Waals surface area contributed by atoms with E-state index in [1.807, 2.05) is 29.1 Å². The Hall–Kier alpha value is -1.69. The number of aromatic nitrogens is 2. The molecule has 2 aromatic heterocycles. The summed E-state index contributed by atoms with van der Waals surface area (Å²) in [6.45, 7) is 5.65. The first-order valence-corrected chi connectivity index (χ1v) is 8.72. The molecule has 5 heteroatoms. The second-order valence-electron chi connectivity index (χ2n) is 5.82. The SMILES string of the molecule is COCCN(Cc1sccc1C)Cc1c2ccccc2nn1C. The van der Waals surface area contributed by atoms with Crippen LogP contribution in [-0.4, -0.2) is 34.9 Å². The van der Waals surface area contributed by atoms with Crippen molar-refractivity contribution < 1.29 is 4.74 Å². The average Bonchev–Trinajstić information content (AvgIpc) is 3.09. The van der Waals surface area contributed by atoms with Gasteiger partial charge in [-0.2, -0.15) is 5.10 Å². The molecule has 0 amide bonds. The third kappa shape index (κ3) is 3.63. The number of nitrogens with zero attached hydrogens (tertiary/aromatic N) is 3. The molecule has 4 nitrogen and oxygen atoms in total. The summed E-state index contributed by atoms with van der Waals surface area (Å²) in [5, 5.41) is 8.02. The lowest BCUT2D eigenvalue weighted by molar-refractivity contribution is 0.139. The van der Waals surface area contributed by atoms with Crippen molar-refractivity contribution >= 4 is 22.2 Å². The quantitative estimate of drug-likeness (QED) is 0.663. The highest BCUT2D eigenvalue weighted by atomic mass is 32.1. The number of thiophene rings is 1. The lowest BCUT2D eigenvalue weighted by Crippen LogP contribution is -2.27. The summed E-state index contributed by atoms with van der Waals surface area (Å²) in [6, 6.07) is 10.5. The molecule has 0 unspecified atom stereocenters. The molecule has 3 aromatic rings. The Bertz CT molecular complexity index is 778. The van der Waals surface area contributed by atoms with Gasteiger partial charge in [0, 0.05) is 44.1 Å². The van der Waals surface area contributed by atoms with Gasteiger partial charge in [-0.25, -0.2) is 0 Å². The van der Waals surface area contributed by atoms with Crippen molar-refractivity contribution in [2.45, 2.75) is 20.0 Å². The van der Waals surface area contributed by atoms with Crippen molar-refractivity contribution in [1.29, 1.82) is 0 Å². The maximum atomic E-state index is 5.30. The van der Waals surface area contributed by atoms with Crippen molar-refractivity contribution in [3.63, 3.8) is 0 Å². The van der Waals surface area contributed by atoms with E-state index in [2.05, 4.69) is 46.6 Å². The van der Waals surface area contributed by atoms with Gasteiger partial charge in [0.2, 0.25) is 0 Å². The summed E-state index contributed by atoms with van der Waals surface area (Å²) in [5.74, 6) is 0. The molecule has 0 spiro atoms. The lowest BCUT2D eigenvalue weighted by Gasteiger charge is -2.22. The highest BCUT2D eigenvalue weighted by Crippen LogP contribution is 2.22. The topological polar surface area (TPSA) is 30.3 Å². The Labute approximate surface area is 141 Å². The highest BCUT2D eigenvalue weighted by molar-refractivity contribution is 7.10. The molecule has 23 heavy (non-hydrogen) atoms. The molecule has 0 radical (unpaired) electrons. The monoisotopic (exact) mass is 329 g/mol. The summed E-state index contributed by atoms with van der Waals surface area (Å²) in [5.41, 5.74) is 3.68. The number of rotatable bonds is 7. The zero-order valence-electron chi connectivity index (χ0n) is 14.0. The molecule has 122 valence electrons. The molecule has 0 N–H and O–H groups in total. The number of ether oxygens (including phenoxy) is 1. The van der Waals surface area contributed by atoms with E-state index in [4.69, 9.17) is 4.74 Å². The Morgan fingerprint density at radius 1 is 1.22 bits per heavy atom. The standard InChI is InChI=1S/C18H23N3OS/c1-14-8-11-23-18(14)13-21(9-10-22-3)12-17-15-6-4-5-7-16(15)19-20(17)2/h4-8,11H,9-10,12-13H2,1-3H3. The zero-order chi connectivity index (χ0) is 16.2. The fourth-order valence-electron chi connectivity index (χ4n) is 2.80. The predicted molar refractivity (Wildman–Crippen MR) is 95.8 cm³/mol. The van der Waals surface area contributed by atoms with Crippen LogP contribution in [0.2, 0.25) is 0 Å². The molecule has 0 saturated heterocycles. The van der Waals surface area contributed by atoms with Gasteiger partial charge in [-0.3, -0.25) is 9.58 Å². The number of hydrogen-bond donors (Lipinski definition) is 0. The molecule has 0 saturated carbocycles. The van der Waals surface area contributed by atoms with Gasteiger partial charge in [0.15, 0.2) is 0 Å². The maximum Gasteiger partial charge on any atom is 0.0926 e. The Balaban J connectivity index is 1.84. The van der Waals surface area contributed by atoms with Gasteiger partial charge >= 0.3 is 0 Å². The normalized spacial score (nSPS) is 11.7. The molecule has 0 atom stereocenters. The third-order valence-corrected chi connectivity index (χ3v) is 5.19. The Morgan fingerprint density at radius 2 is 2.04 bits per heavy atom. The predicted octanol–water partition coefficient (Wildman–Crippen LogP) is 3.59. The van der Waals surface area contributed by atoms with Gasteiger partial charge in [0.25, 0.3) is 0 Å². The number of fused-ring (bicyclic) bond motifs is 1. The Morgan fingerprint density at radius 3 is 2.78 bits per heavy atom. The van der Waals surface area contributed by atoms with E-state index < -0.39 is 0 Å². The van der Waals surface area contributed by atoms with Crippen molar-refractivity contribution in [3.05, 3.63) is 51.8 Å².